The Morgan fingerprint density at radius 1 is 1.26 bits per heavy atom. The van der Waals surface area contributed by atoms with Crippen molar-refractivity contribution in [1.82, 2.24) is 35.1 Å². The van der Waals surface area contributed by atoms with Crippen molar-refractivity contribution in [3.05, 3.63) is 28.7 Å². The zero-order chi connectivity index (χ0) is 30.4. The number of allylic oxidation sites excluding steroid dienone is 1. The standard InChI is InChI=1S/C25H31N9O7S2/c26-25-30-19(32-43-25)15(31-41)20(36)29-16-22(38)34-17(24(39)40)11(9-42-23(16)34)6-10-7-14(18(35)13-2-1-4-28-13)33(21(10)37)12-3-5-27-8-12/h6,12-14,16,18,23,27-28,35,41H,1-5,7-9H2,(H,29,36)(H,39,40)(H2,26,30,32)/b10-6+,31-15-/t12?,13?,14?,16-,18?,23-/m1/s1. The van der Waals surface area contributed by atoms with Gasteiger partial charge in [0.1, 0.15) is 17.1 Å². The van der Waals surface area contributed by atoms with Gasteiger partial charge in [-0.2, -0.15) is 9.36 Å². The molecule has 16 nitrogen and oxygen atoms in total. The maximum Gasteiger partial charge on any atom is 0.352 e. The molecule has 0 saturated carbocycles. The number of aliphatic hydroxyl groups excluding tert-OH is 1. The van der Waals surface area contributed by atoms with E-state index in [0.29, 0.717) is 17.7 Å². The van der Waals surface area contributed by atoms with Gasteiger partial charge in [-0.1, -0.05) is 5.16 Å². The summed E-state index contributed by atoms with van der Waals surface area (Å²) in [6.07, 6.45) is 3.53. The van der Waals surface area contributed by atoms with Crippen molar-refractivity contribution in [2.24, 2.45) is 5.16 Å². The summed E-state index contributed by atoms with van der Waals surface area (Å²) < 4.78 is 3.84. The Balaban J connectivity index is 1.23. The number of thioether (sulfide) groups is 1. The van der Waals surface area contributed by atoms with Gasteiger partial charge in [0.05, 0.1) is 12.1 Å². The van der Waals surface area contributed by atoms with Gasteiger partial charge in [-0.3, -0.25) is 19.3 Å². The number of β-lactam (4-membered cyclic amide) rings is 1. The molecule has 0 bridgehead atoms. The number of carboxylic acids is 1. The third kappa shape index (κ3) is 5.26. The second kappa shape index (κ2) is 11.8. The second-order valence-corrected chi connectivity index (χ2v) is 12.8. The molecule has 5 aliphatic heterocycles. The lowest BCUT2D eigenvalue weighted by Gasteiger charge is -2.49. The highest BCUT2D eigenvalue weighted by molar-refractivity contribution is 8.00. The maximum absolute atomic E-state index is 13.7. The van der Waals surface area contributed by atoms with Gasteiger partial charge in [0, 0.05) is 47.9 Å². The lowest BCUT2D eigenvalue weighted by Crippen LogP contribution is -2.71. The van der Waals surface area contributed by atoms with E-state index in [-0.39, 0.29) is 46.8 Å². The van der Waals surface area contributed by atoms with E-state index in [0.717, 1.165) is 48.8 Å². The highest BCUT2D eigenvalue weighted by Gasteiger charge is 2.55. The fourth-order valence-corrected chi connectivity index (χ4v) is 8.16. The number of likely N-dealkylation sites (tertiary alicyclic amines) is 1. The summed E-state index contributed by atoms with van der Waals surface area (Å²) in [5, 5.41) is 42.1. The molecular formula is C25H31N9O7S2. The van der Waals surface area contributed by atoms with Crippen LogP contribution in [0, 0.1) is 0 Å². The largest absolute Gasteiger partial charge is 0.477 e. The second-order valence-electron chi connectivity index (χ2n) is 10.9. The number of carbonyl (C=O) groups excluding carboxylic acids is 3. The van der Waals surface area contributed by atoms with E-state index in [2.05, 4.69) is 30.5 Å². The van der Waals surface area contributed by atoms with Gasteiger partial charge in [-0.05, 0) is 44.0 Å². The summed E-state index contributed by atoms with van der Waals surface area (Å²) in [7, 11) is 0. The van der Waals surface area contributed by atoms with E-state index in [1.54, 1.807) is 11.0 Å². The minimum atomic E-state index is -1.34. The van der Waals surface area contributed by atoms with Crippen LogP contribution < -0.4 is 21.7 Å². The average Bonchev–Trinajstić information content (AvgIpc) is 3.81. The number of aliphatic carboxylic acids is 1. The van der Waals surface area contributed by atoms with E-state index in [1.807, 2.05) is 0 Å². The molecule has 1 aromatic heterocycles. The molecule has 6 rings (SSSR count). The third-order valence-corrected chi connectivity index (χ3v) is 10.3. The first-order chi connectivity index (χ1) is 20.7. The van der Waals surface area contributed by atoms with Crippen LogP contribution in [-0.2, 0) is 19.2 Å². The summed E-state index contributed by atoms with van der Waals surface area (Å²) >= 11 is 2.03. The number of aromatic nitrogens is 2. The zero-order valence-electron chi connectivity index (χ0n) is 22.8. The Hall–Kier alpha value is -3.58. The van der Waals surface area contributed by atoms with Crippen LogP contribution >= 0.6 is 23.3 Å². The Morgan fingerprint density at radius 2 is 2.07 bits per heavy atom. The number of fused-ring (bicyclic) bond motifs is 1. The molecule has 0 aromatic carbocycles. The van der Waals surface area contributed by atoms with Crippen molar-refractivity contribution in [2.45, 2.75) is 61.3 Å². The molecule has 0 radical (unpaired) electrons. The molecule has 4 saturated heterocycles. The van der Waals surface area contributed by atoms with Crippen LogP contribution in [0.1, 0.15) is 31.5 Å². The molecule has 3 amide bonds. The minimum absolute atomic E-state index is 0.0513. The third-order valence-electron chi connectivity index (χ3n) is 8.43. The van der Waals surface area contributed by atoms with Gasteiger partial charge in [0.2, 0.25) is 11.5 Å². The number of carboxylic acid groups (broad SMARTS) is 1. The zero-order valence-corrected chi connectivity index (χ0v) is 24.4. The van der Waals surface area contributed by atoms with Gasteiger partial charge in [0.15, 0.2) is 5.13 Å². The number of nitrogens with one attached hydrogen (secondary N) is 3. The lowest BCUT2D eigenvalue weighted by atomic mass is 9.96. The normalized spacial score (nSPS) is 31.0. The van der Waals surface area contributed by atoms with Crippen LogP contribution in [0.4, 0.5) is 5.13 Å². The molecule has 18 heteroatoms. The van der Waals surface area contributed by atoms with Crippen LogP contribution in [0.2, 0.25) is 0 Å². The quantitative estimate of drug-likeness (QED) is 0.0542. The first kappa shape index (κ1) is 29.5. The molecule has 0 spiro atoms. The number of nitrogen functional groups attached to an aromatic ring is 1. The van der Waals surface area contributed by atoms with Crippen LogP contribution in [-0.4, -0.2) is 125 Å². The average molecular weight is 634 g/mol. The molecule has 5 aliphatic rings. The lowest BCUT2D eigenvalue weighted by molar-refractivity contribution is -0.150. The smallest absolute Gasteiger partial charge is 0.352 e. The molecule has 6 heterocycles. The van der Waals surface area contributed by atoms with E-state index in [4.69, 9.17) is 5.73 Å². The van der Waals surface area contributed by atoms with Crippen molar-refractivity contribution in [2.75, 3.05) is 31.1 Å². The highest BCUT2D eigenvalue weighted by atomic mass is 32.2. The van der Waals surface area contributed by atoms with Gasteiger partial charge in [-0.25, -0.2) is 4.79 Å². The molecule has 0 aliphatic carbocycles. The topological polar surface area (TPSA) is 236 Å². The van der Waals surface area contributed by atoms with Crippen LogP contribution in [0.5, 0.6) is 0 Å². The van der Waals surface area contributed by atoms with Crippen molar-refractivity contribution in [3.8, 4) is 0 Å². The molecule has 230 valence electrons. The van der Waals surface area contributed by atoms with E-state index >= 15 is 0 Å². The Morgan fingerprint density at radius 3 is 2.70 bits per heavy atom. The number of hydrogen-bond donors (Lipinski definition) is 7. The predicted molar refractivity (Wildman–Crippen MR) is 154 cm³/mol. The first-order valence-electron chi connectivity index (χ1n) is 13.9. The number of amides is 3. The summed E-state index contributed by atoms with van der Waals surface area (Å²) in [6, 6.07) is -1.75. The van der Waals surface area contributed by atoms with Crippen molar-refractivity contribution >= 4 is 57.8 Å². The molecule has 43 heavy (non-hydrogen) atoms. The number of oxime groups is 1. The van der Waals surface area contributed by atoms with Crippen molar-refractivity contribution < 1.29 is 34.6 Å². The number of anilines is 1. The number of nitrogens with two attached hydrogens (primary N) is 1. The monoisotopic (exact) mass is 633 g/mol. The van der Waals surface area contributed by atoms with Crippen LogP contribution in [0.15, 0.2) is 28.1 Å². The SMILES string of the molecule is Nc1nc(/C(=N/O)C(=O)N[C@@H]2C(=O)N3C(C(=O)O)=C(/C=C4\CC(C(O)C5CCCN5)N(C5CCNC5)C4=O)CS[C@H]23)ns1. The first-order valence-corrected chi connectivity index (χ1v) is 15.7. The van der Waals surface area contributed by atoms with Crippen LogP contribution in [0.3, 0.4) is 0 Å². The molecule has 6 atom stereocenters. The Labute approximate surface area is 253 Å². The van der Waals surface area contributed by atoms with Gasteiger partial charge in [0.25, 0.3) is 17.7 Å². The van der Waals surface area contributed by atoms with E-state index in [9.17, 15) is 34.6 Å². The number of aliphatic hydroxyl groups is 1. The Kier molecular flexibility index (Phi) is 8.12. The van der Waals surface area contributed by atoms with Gasteiger partial charge >= 0.3 is 5.97 Å². The number of carbonyl (C=O) groups is 4. The molecule has 4 unspecified atom stereocenters. The molecule has 1 aromatic rings. The molecular weight excluding hydrogens is 602 g/mol. The van der Waals surface area contributed by atoms with Crippen molar-refractivity contribution in [1.29, 1.82) is 0 Å². The fraction of sp³-hybridized carbons (Fsp3) is 0.560. The number of hydrogen-bond acceptors (Lipinski definition) is 14. The molecule has 4 fully saturated rings. The van der Waals surface area contributed by atoms with Crippen molar-refractivity contribution in [3.63, 3.8) is 0 Å². The fourth-order valence-electron chi connectivity index (χ4n) is 6.41. The minimum Gasteiger partial charge on any atom is -0.477 e. The number of rotatable bonds is 8. The highest BCUT2D eigenvalue weighted by Crippen LogP contribution is 2.42. The maximum atomic E-state index is 13.7. The number of nitrogens with zero attached hydrogens (tertiary/aromatic N) is 5. The summed E-state index contributed by atoms with van der Waals surface area (Å²) in [6.45, 7) is 2.18. The predicted octanol–water partition coefficient (Wildman–Crippen LogP) is -1.96. The Bertz CT molecular complexity index is 1430. The summed E-state index contributed by atoms with van der Waals surface area (Å²) in [4.78, 5) is 58.8. The van der Waals surface area contributed by atoms with Gasteiger partial charge < -0.3 is 42.0 Å². The summed E-state index contributed by atoms with van der Waals surface area (Å²) in [5.41, 5.74) is 5.43. The van der Waals surface area contributed by atoms with E-state index < -0.39 is 47.1 Å². The molecule has 8 N–H and O–H groups in total. The van der Waals surface area contributed by atoms with Gasteiger partial charge in [-0.15, -0.1) is 11.8 Å². The summed E-state index contributed by atoms with van der Waals surface area (Å²) in [5.74, 6) is -3.23. The van der Waals surface area contributed by atoms with E-state index in [1.165, 1.54) is 11.8 Å². The van der Waals surface area contributed by atoms with Crippen LogP contribution in [0.25, 0.3) is 0 Å².